The van der Waals surface area contributed by atoms with Gasteiger partial charge in [0.2, 0.25) is 15.9 Å². The monoisotopic (exact) mass is 473 g/mol. The van der Waals surface area contributed by atoms with Gasteiger partial charge in [-0.1, -0.05) is 12.1 Å². The number of nitrogens with zero attached hydrogens (tertiary/aromatic N) is 1. The number of hydrogen-bond donors (Lipinski definition) is 2. The van der Waals surface area contributed by atoms with Crippen LogP contribution in [0, 0.1) is 12.8 Å². The number of fused-ring (bicyclic) bond motifs is 1. The molecule has 2 aliphatic rings. The van der Waals surface area contributed by atoms with Crippen LogP contribution in [0.1, 0.15) is 25.3 Å². The van der Waals surface area contributed by atoms with Gasteiger partial charge in [0.1, 0.15) is 11.5 Å². The fraction of sp³-hybridized carbons (Fsp3) is 0.391. The maximum Gasteiger partial charge on any atom is 0.262 e. The molecule has 2 aromatic carbocycles. The Balaban J connectivity index is 1.52. The predicted molar refractivity (Wildman–Crippen MR) is 123 cm³/mol. The molecular formula is C23H27N3O6S. The second-order valence-electron chi connectivity index (χ2n) is 8.07. The van der Waals surface area contributed by atoms with Crippen molar-refractivity contribution in [2.24, 2.45) is 5.92 Å². The maximum absolute atomic E-state index is 13.5. The highest BCUT2D eigenvalue weighted by atomic mass is 32.2. The maximum atomic E-state index is 13.5. The highest BCUT2D eigenvalue weighted by Crippen LogP contribution is 2.35. The zero-order valence-corrected chi connectivity index (χ0v) is 19.4. The molecule has 4 rings (SSSR count). The zero-order chi connectivity index (χ0) is 23.6. The lowest BCUT2D eigenvalue weighted by atomic mass is 9.98. The fourth-order valence-electron chi connectivity index (χ4n) is 4.09. The van der Waals surface area contributed by atoms with Crippen molar-refractivity contribution in [2.75, 3.05) is 36.9 Å². The normalized spacial score (nSPS) is 18.6. The summed E-state index contributed by atoms with van der Waals surface area (Å²) in [5, 5.41) is 5.57. The van der Waals surface area contributed by atoms with Gasteiger partial charge in [-0.2, -0.15) is 4.31 Å². The van der Waals surface area contributed by atoms with E-state index < -0.39 is 15.9 Å². The lowest BCUT2D eigenvalue weighted by Gasteiger charge is -2.32. The van der Waals surface area contributed by atoms with Crippen molar-refractivity contribution in [3.8, 4) is 11.5 Å². The molecular weight excluding hydrogens is 446 g/mol. The Labute approximate surface area is 193 Å². The van der Waals surface area contributed by atoms with E-state index in [1.165, 1.54) is 10.4 Å². The average molecular weight is 474 g/mol. The van der Waals surface area contributed by atoms with E-state index in [0.29, 0.717) is 54.4 Å². The summed E-state index contributed by atoms with van der Waals surface area (Å²) >= 11 is 0. The molecule has 1 unspecified atom stereocenters. The van der Waals surface area contributed by atoms with Crippen LogP contribution in [0.25, 0.3) is 0 Å². The number of amides is 2. The number of piperidine rings is 1. The van der Waals surface area contributed by atoms with E-state index in [2.05, 4.69) is 10.6 Å². The number of carbonyl (C=O) groups excluding carboxylic acids is 2. The minimum absolute atomic E-state index is 0.0824. The molecule has 33 heavy (non-hydrogen) atoms. The molecule has 1 atom stereocenters. The fourth-order valence-corrected chi connectivity index (χ4v) is 5.84. The standard InChI is InChI=1S/C23H27N3O6S/c1-3-31-19-9-5-4-8-17(19)25-23(28)16-7-6-10-26(13-16)33(29,30)21-12-20-18(11-15(21)2)24-22(27)14-32-20/h4-5,8-9,11-12,16H,3,6-7,10,13-14H2,1-2H3,(H,24,27)(H,25,28). The van der Waals surface area contributed by atoms with E-state index in [1.807, 2.05) is 13.0 Å². The molecule has 0 spiro atoms. The van der Waals surface area contributed by atoms with Gasteiger partial charge in [0, 0.05) is 19.2 Å². The first-order valence-corrected chi connectivity index (χ1v) is 12.3. The third kappa shape index (κ3) is 4.81. The van der Waals surface area contributed by atoms with E-state index in [1.54, 1.807) is 31.2 Å². The highest BCUT2D eigenvalue weighted by molar-refractivity contribution is 7.89. The quantitative estimate of drug-likeness (QED) is 0.667. The molecule has 0 saturated carbocycles. The number of nitrogens with one attached hydrogen (secondary N) is 2. The smallest absolute Gasteiger partial charge is 0.262 e. The molecule has 2 aliphatic heterocycles. The van der Waals surface area contributed by atoms with Crippen molar-refractivity contribution in [1.82, 2.24) is 4.31 Å². The molecule has 9 nitrogen and oxygen atoms in total. The first kappa shape index (κ1) is 23.1. The summed E-state index contributed by atoms with van der Waals surface area (Å²) in [4.78, 5) is 24.6. The van der Waals surface area contributed by atoms with E-state index in [0.717, 1.165) is 0 Å². The van der Waals surface area contributed by atoms with Crippen molar-refractivity contribution < 1.29 is 27.5 Å². The Hall–Kier alpha value is -3.11. The first-order valence-electron chi connectivity index (χ1n) is 10.9. The molecule has 0 radical (unpaired) electrons. The van der Waals surface area contributed by atoms with Crippen molar-refractivity contribution >= 4 is 33.2 Å². The number of ether oxygens (including phenoxy) is 2. The van der Waals surface area contributed by atoms with E-state index in [-0.39, 0.29) is 29.9 Å². The second-order valence-corrected chi connectivity index (χ2v) is 9.98. The molecule has 2 N–H and O–H groups in total. The molecule has 10 heteroatoms. The van der Waals surface area contributed by atoms with Crippen LogP contribution in [-0.4, -0.2) is 50.8 Å². The van der Waals surface area contributed by atoms with Crippen LogP contribution in [0.3, 0.4) is 0 Å². The summed E-state index contributed by atoms with van der Waals surface area (Å²) in [7, 11) is -3.86. The van der Waals surface area contributed by atoms with Crippen LogP contribution in [-0.2, 0) is 19.6 Å². The Bertz CT molecular complexity index is 1180. The number of rotatable bonds is 6. The van der Waals surface area contributed by atoms with E-state index in [4.69, 9.17) is 9.47 Å². The van der Waals surface area contributed by atoms with E-state index in [9.17, 15) is 18.0 Å². The summed E-state index contributed by atoms with van der Waals surface area (Å²) in [6.07, 6.45) is 1.16. The first-order chi connectivity index (χ1) is 15.8. The number of anilines is 2. The van der Waals surface area contributed by atoms with Crippen LogP contribution >= 0.6 is 0 Å². The number of carbonyl (C=O) groups is 2. The Morgan fingerprint density at radius 2 is 2.09 bits per heavy atom. The van der Waals surface area contributed by atoms with Crippen LogP contribution in [0.4, 0.5) is 11.4 Å². The molecule has 0 bridgehead atoms. The summed E-state index contributed by atoms with van der Waals surface area (Å²) in [6.45, 7) is 4.26. The minimum Gasteiger partial charge on any atom is -0.492 e. The van der Waals surface area contributed by atoms with Gasteiger partial charge >= 0.3 is 0 Å². The third-order valence-electron chi connectivity index (χ3n) is 5.73. The van der Waals surface area contributed by atoms with Crippen molar-refractivity contribution in [2.45, 2.75) is 31.6 Å². The van der Waals surface area contributed by atoms with E-state index >= 15 is 0 Å². The minimum atomic E-state index is -3.86. The van der Waals surface area contributed by atoms with Crippen LogP contribution in [0.2, 0.25) is 0 Å². The molecule has 1 saturated heterocycles. The topological polar surface area (TPSA) is 114 Å². The summed E-state index contributed by atoms with van der Waals surface area (Å²) < 4.78 is 39.2. The van der Waals surface area contributed by atoms with Gasteiger partial charge in [-0.05, 0) is 50.5 Å². The van der Waals surface area contributed by atoms with Gasteiger partial charge in [0.05, 0.1) is 28.8 Å². The lowest BCUT2D eigenvalue weighted by molar-refractivity contribution is -0.121. The van der Waals surface area contributed by atoms with Crippen LogP contribution in [0.15, 0.2) is 41.3 Å². The summed E-state index contributed by atoms with van der Waals surface area (Å²) in [5.41, 5.74) is 1.51. The largest absolute Gasteiger partial charge is 0.492 e. The molecule has 2 heterocycles. The van der Waals surface area contributed by atoms with Gasteiger partial charge in [0.25, 0.3) is 5.91 Å². The zero-order valence-electron chi connectivity index (χ0n) is 18.6. The van der Waals surface area contributed by atoms with Crippen molar-refractivity contribution in [1.29, 1.82) is 0 Å². The Kier molecular flexibility index (Phi) is 6.57. The van der Waals surface area contributed by atoms with Gasteiger partial charge in [0.15, 0.2) is 6.61 Å². The number of aryl methyl sites for hydroxylation is 1. The van der Waals surface area contributed by atoms with Crippen molar-refractivity contribution in [3.63, 3.8) is 0 Å². The Morgan fingerprint density at radius 3 is 2.88 bits per heavy atom. The SMILES string of the molecule is CCOc1ccccc1NC(=O)C1CCCN(S(=O)(=O)c2cc3c(cc2C)NC(=O)CO3)C1. The Morgan fingerprint density at radius 1 is 1.30 bits per heavy atom. The molecule has 0 aliphatic carbocycles. The molecule has 1 fully saturated rings. The molecule has 0 aromatic heterocycles. The number of hydrogen-bond acceptors (Lipinski definition) is 6. The van der Waals surface area contributed by atoms with Crippen molar-refractivity contribution in [3.05, 3.63) is 42.0 Å². The lowest BCUT2D eigenvalue weighted by Crippen LogP contribution is -2.44. The second kappa shape index (κ2) is 9.40. The van der Waals surface area contributed by atoms with Crippen LogP contribution in [0.5, 0.6) is 11.5 Å². The summed E-state index contributed by atoms with van der Waals surface area (Å²) in [6, 6.07) is 10.2. The molecule has 2 amide bonds. The molecule has 2 aromatic rings. The van der Waals surface area contributed by atoms with Gasteiger partial charge in [-0.3, -0.25) is 9.59 Å². The number of para-hydroxylation sites is 2. The van der Waals surface area contributed by atoms with Gasteiger partial charge in [-0.15, -0.1) is 0 Å². The number of sulfonamides is 1. The number of benzene rings is 2. The van der Waals surface area contributed by atoms with Gasteiger partial charge in [-0.25, -0.2) is 8.42 Å². The average Bonchev–Trinajstić information content (AvgIpc) is 2.80. The van der Waals surface area contributed by atoms with Crippen LogP contribution < -0.4 is 20.1 Å². The molecule has 176 valence electrons. The highest BCUT2D eigenvalue weighted by Gasteiger charge is 2.35. The third-order valence-corrected chi connectivity index (χ3v) is 7.73. The van der Waals surface area contributed by atoms with Gasteiger partial charge < -0.3 is 20.1 Å². The summed E-state index contributed by atoms with van der Waals surface area (Å²) in [5.74, 6) is -0.122. The predicted octanol–water partition coefficient (Wildman–Crippen LogP) is 2.76.